The molecule has 15 heavy (non-hydrogen) atoms. The average molecular weight is 205 g/mol. The highest BCUT2D eigenvalue weighted by atomic mass is 16.3. The maximum atomic E-state index is 6.03. The Bertz CT molecular complexity index is 405. The minimum atomic E-state index is 0.0313. The second-order valence-corrected chi connectivity index (χ2v) is 3.67. The summed E-state index contributed by atoms with van der Waals surface area (Å²) >= 11 is 0. The molecule has 1 atom stereocenters. The molecular weight excluding hydrogens is 190 g/mol. The predicted octanol–water partition coefficient (Wildman–Crippen LogP) is 1.65. The van der Waals surface area contributed by atoms with E-state index in [0.29, 0.717) is 0 Å². The van der Waals surface area contributed by atoms with Gasteiger partial charge in [-0.2, -0.15) is 5.10 Å². The van der Waals surface area contributed by atoms with Crippen molar-refractivity contribution in [2.24, 2.45) is 12.8 Å². The van der Waals surface area contributed by atoms with Crippen LogP contribution in [0.4, 0.5) is 0 Å². The van der Waals surface area contributed by atoms with Gasteiger partial charge in [-0.1, -0.05) is 0 Å². The number of rotatable bonds is 4. The first kappa shape index (κ1) is 9.98. The largest absolute Gasteiger partial charge is 0.469 e. The molecule has 80 valence electrons. The number of aromatic nitrogens is 2. The van der Waals surface area contributed by atoms with E-state index in [9.17, 15) is 0 Å². The third-order valence-corrected chi connectivity index (χ3v) is 2.43. The smallest absolute Gasteiger partial charge is 0.103 e. The van der Waals surface area contributed by atoms with Gasteiger partial charge in [0.1, 0.15) is 5.76 Å². The maximum absolute atomic E-state index is 6.03. The molecule has 0 saturated carbocycles. The first-order chi connectivity index (χ1) is 7.25. The van der Waals surface area contributed by atoms with E-state index in [1.54, 1.807) is 10.9 Å². The van der Waals surface area contributed by atoms with Crippen molar-refractivity contribution in [1.29, 1.82) is 0 Å². The van der Waals surface area contributed by atoms with Gasteiger partial charge in [-0.25, -0.2) is 0 Å². The van der Waals surface area contributed by atoms with E-state index in [2.05, 4.69) is 5.10 Å². The standard InChI is InChI=1S/C11H15N3O/c1-14-8-9(7-13-14)11(12)5-4-10-3-2-6-15-10/h2-3,6-8,11H,4-5,12H2,1H3. The summed E-state index contributed by atoms with van der Waals surface area (Å²) in [6.07, 6.45) is 7.19. The Morgan fingerprint density at radius 3 is 3.07 bits per heavy atom. The molecule has 0 fully saturated rings. The lowest BCUT2D eigenvalue weighted by Crippen LogP contribution is -2.10. The number of nitrogens with zero attached hydrogens (tertiary/aromatic N) is 2. The van der Waals surface area contributed by atoms with Crippen LogP contribution in [-0.4, -0.2) is 9.78 Å². The normalized spacial score (nSPS) is 12.9. The van der Waals surface area contributed by atoms with E-state index in [1.165, 1.54) is 0 Å². The Balaban J connectivity index is 1.90. The fraction of sp³-hybridized carbons (Fsp3) is 0.364. The molecule has 2 N–H and O–H groups in total. The lowest BCUT2D eigenvalue weighted by Gasteiger charge is -2.07. The highest BCUT2D eigenvalue weighted by Crippen LogP contribution is 2.15. The minimum Gasteiger partial charge on any atom is -0.469 e. The lowest BCUT2D eigenvalue weighted by molar-refractivity contribution is 0.488. The molecule has 0 aromatic carbocycles. The summed E-state index contributed by atoms with van der Waals surface area (Å²) in [6, 6.07) is 3.89. The second-order valence-electron chi connectivity index (χ2n) is 3.67. The van der Waals surface area contributed by atoms with Crippen LogP contribution in [0.3, 0.4) is 0 Å². The van der Waals surface area contributed by atoms with Crippen LogP contribution >= 0.6 is 0 Å². The molecule has 0 spiro atoms. The van der Waals surface area contributed by atoms with Crippen LogP contribution in [-0.2, 0) is 13.5 Å². The highest BCUT2D eigenvalue weighted by molar-refractivity contribution is 5.10. The Morgan fingerprint density at radius 2 is 2.47 bits per heavy atom. The van der Waals surface area contributed by atoms with Gasteiger partial charge in [-0.05, 0) is 18.6 Å². The van der Waals surface area contributed by atoms with Crippen molar-refractivity contribution < 1.29 is 4.42 Å². The van der Waals surface area contributed by atoms with E-state index in [0.717, 1.165) is 24.2 Å². The summed E-state index contributed by atoms with van der Waals surface area (Å²) in [5, 5.41) is 4.10. The van der Waals surface area contributed by atoms with Gasteiger partial charge < -0.3 is 10.2 Å². The van der Waals surface area contributed by atoms with Crippen molar-refractivity contribution >= 4 is 0 Å². The van der Waals surface area contributed by atoms with Crippen LogP contribution in [0, 0.1) is 0 Å². The van der Waals surface area contributed by atoms with Crippen molar-refractivity contribution in [3.63, 3.8) is 0 Å². The quantitative estimate of drug-likeness (QED) is 0.825. The zero-order valence-corrected chi connectivity index (χ0v) is 8.76. The number of nitrogens with two attached hydrogens (primary N) is 1. The minimum absolute atomic E-state index is 0.0313. The van der Waals surface area contributed by atoms with Gasteiger partial charge in [0.25, 0.3) is 0 Å². The first-order valence-corrected chi connectivity index (χ1v) is 5.02. The third-order valence-electron chi connectivity index (χ3n) is 2.43. The zero-order valence-electron chi connectivity index (χ0n) is 8.76. The van der Waals surface area contributed by atoms with Crippen molar-refractivity contribution in [2.45, 2.75) is 18.9 Å². The van der Waals surface area contributed by atoms with Gasteiger partial charge in [0.05, 0.1) is 12.5 Å². The Labute approximate surface area is 88.7 Å². The summed E-state index contributed by atoms with van der Waals surface area (Å²) in [5.74, 6) is 0.981. The van der Waals surface area contributed by atoms with Gasteiger partial charge in [-0.15, -0.1) is 0 Å². The molecule has 1 unspecified atom stereocenters. The second kappa shape index (κ2) is 4.31. The number of aryl methyl sites for hydroxylation is 2. The van der Waals surface area contributed by atoms with Crippen molar-refractivity contribution in [3.8, 4) is 0 Å². The molecule has 2 aromatic heterocycles. The molecular formula is C11H15N3O. The topological polar surface area (TPSA) is 57.0 Å². The first-order valence-electron chi connectivity index (χ1n) is 5.02. The van der Waals surface area contributed by atoms with Gasteiger partial charge in [-0.3, -0.25) is 4.68 Å². The Kier molecular flexibility index (Phi) is 2.87. The van der Waals surface area contributed by atoms with E-state index in [-0.39, 0.29) is 6.04 Å². The van der Waals surface area contributed by atoms with Crippen LogP contribution in [0.5, 0.6) is 0 Å². The lowest BCUT2D eigenvalue weighted by atomic mass is 10.1. The third kappa shape index (κ3) is 2.47. The molecule has 0 bridgehead atoms. The Morgan fingerprint density at radius 1 is 1.60 bits per heavy atom. The number of furan rings is 1. The summed E-state index contributed by atoms with van der Waals surface area (Å²) in [4.78, 5) is 0. The molecule has 0 aliphatic heterocycles. The molecule has 0 aliphatic carbocycles. The zero-order chi connectivity index (χ0) is 10.7. The highest BCUT2D eigenvalue weighted by Gasteiger charge is 2.08. The molecule has 4 heteroatoms. The molecule has 2 heterocycles. The van der Waals surface area contributed by atoms with Crippen LogP contribution in [0.2, 0.25) is 0 Å². The molecule has 2 aromatic rings. The predicted molar refractivity (Wildman–Crippen MR) is 57.2 cm³/mol. The van der Waals surface area contributed by atoms with Crippen molar-refractivity contribution in [3.05, 3.63) is 42.1 Å². The van der Waals surface area contributed by atoms with E-state index < -0.39 is 0 Å². The summed E-state index contributed by atoms with van der Waals surface area (Å²) < 4.78 is 7.01. The van der Waals surface area contributed by atoms with Crippen LogP contribution in [0.25, 0.3) is 0 Å². The summed E-state index contributed by atoms with van der Waals surface area (Å²) in [7, 11) is 1.89. The van der Waals surface area contributed by atoms with Crippen LogP contribution in [0.15, 0.2) is 35.2 Å². The summed E-state index contributed by atoms with van der Waals surface area (Å²) in [6.45, 7) is 0. The van der Waals surface area contributed by atoms with Crippen LogP contribution in [0.1, 0.15) is 23.8 Å². The average Bonchev–Trinajstić information content (AvgIpc) is 2.84. The SMILES string of the molecule is Cn1cc(C(N)CCc2ccco2)cn1. The van der Waals surface area contributed by atoms with Crippen molar-refractivity contribution in [1.82, 2.24) is 9.78 Å². The molecule has 2 rings (SSSR count). The van der Waals surface area contributed by atoms with Gasteiger partial charge in [0.2, 0.25) is 0 Å². The molecule has 4 nitrogen and oxygen atoms in total. The van der Waals surface area contributed by atoms with E-state index in [4.69, 9.17) is 10.2 Å². The monoisotopic (exact) mass is 205 g/mol. The van der Waals surface area contributed by atoms with Crippen LogP contribution < -0.4 is 5.73 Å². The van der Waals surface area contributed by atoms with E-state index >= 15 is 0 Å². The number of hydrogen-bond acceptors (Lipinski definition) is 3. The fourth-order valence-corrected chi connectivity index (χ4v) is 1.55. The molecule has 0 saturated heterocycles. The van der Waals surface area contributed by atoms with E-state index in [1.807, 2.05) is 31.6 Å². The molecule has 0 aliphatic rings. The number of hydrogen-bond donors (Lipinski definition) is 1. The maximum Gasteiger partial charge on any atom is 0.103 e. The van der Waals surface area contributed by atoms with Gasteiger partial charge >= 0.3 is 0 Å². The molecule has 0 amide bonds. The summed E-state index contributed by atoms with van der Waals surface area (Å²) in [5.41, 5.74) is 7.10. The Hall–Kier alpha value is -1.55. The van der Waals surface area contributed by atoms with Gasteiger partial charge in [0, 0.05) is 31.3 Å². The molecule has 0 radical (unpaired) electrons. The van der Waals surface area contributed by atoms with Gasteiger partial charge in [0.15, 0.2) is 0 Å². The fourth-order valence-electron chi connectivity index (χ4n) is 1.55. The van der Waals surface area contributed by atoms with Crippen molar-refractivity contribution in [2.75, 3.05) is 0 Å².